The molecule has 2 aliphatic rings. The van der Waals surface area contributed by atoms with Crippen molar-refractivity contribution in [2.24, 2.45) is 5.92 Å². The molecular formula is C14H22F3N3O3. The molecule has 2 fully saturated rings. The van der Waals surface area contributed by atoms with Crippen molar-refractivity contribution in [2.45, 2.75) is 31.5 Å². The molecule has 2 heterocycles. The third kappa shape index (κ3) is 4.14. The number of nitrogens with zero attached hydrogens (tertiary/aromatic N) is 2. The van der Waals surface area contributed by atoms with Crippen LogP contribution in [-0.2, 0) is 9.53 Å². The summed E-state index contributed by atoms with van der Waals surface area (Å²) in [7, 11) is 1.44. The van der Waals surface area contributed by atoms with Crippen LogP contribution < -0.4 is 5.32 Å². The SMILES string of the molecule is CN1C(=O)NC(C)(C2CCCN(CCOCC(F)(F)F)C2)C1=O. The number of halogens is 3. The second kappa shape index (κ2) is 6.64. The van der Waals surface area contributed by atoms with Crippen LogP contribution in [0.15, 0.2) is 0 Å². The van der Waals surface area contributed by atoms with Crippen LogP contribution >= 0.6 is 0 Å². The largest absolute Gasteiger partial charge is 0.411 e. The van der Waals surface area contributed by atoms with Crippen molar-refractivity contribution in [2.75, 3.05) is 39.9 Å². The van der Waals surface area contributed by atoms with E-state index in [1.54, 1.807) is 6.92 Å². The van der Waals surface area contributed by atoms with Gasteiger partial charge in [0.25, 0.3) is 5.91 Å². The highest BCUT2D eigenvalue weighted by atomic mass is 19.4. The lowest BCUT2D eigenvalue weighted by Crippen LogP contribution is -2.56. The van der Waals surface area contributed by atoms with Gasteiger partial charge in [0.05, 0.1) is 6.61 Å². The fourth-order valence-electron chi connectivity index (χ4n) is 3.19. The number of amides is 3. The number of likely N-dealkylation sites (tertiary alicyclic amines) is 1. The van der Waals surface area contributed by atoms with Gasteiger partial charge in [-0.1, -0.05) is 0 Å². The highest BCUT2D eigenvalue weighted by Crippen LogP contribution is 2.31. The fourth-order valence-corrected chi connectivity index (χ4v) is 3.19. The number of urea groups is 1. The molecule has 2 saturated heterocycles. The molecule has 1 N–H and O–H groups in total. The summed E-state index contributed by atoms with van der Waals surface area (Å²) in [6.07, 6.45) is -2.70. The molecule has 0 bridgehead atoms. The summed E-state index contributed by atoms with van der Waals surface area (Å²) in [6.45, 7) is 2.13. The van der Waals surface area contributed by atoms with Crippen LogP contribution in [0.5, 0.6) is 0 Å². The van der Waals surface area contributed by atoms with Crippen molar-refractivity contribution in [3.8, 4) is 0 Å². The lowest BCUT2D eigenvalue weighted by molar-refractivity contribution is -0.174. The van der Waals surface area contributed by atoms with Crippen LogP contribution in [0.25, 0.3) is 0 Å². The average molecular weight is 337 g/mol. The molecule has 0 radical (unpaired) electrons. The smallest absolute Gasteiger partial charge is 0.371 e. The fraction of sp³-hybridized carbons (Fsp3) is 0.857. The first-order valence-corrected chi connectivity index (χ1v) is 7.60. The minimum absolute atomic E-state index is 0.0108. The predicted octanol–water partition coefficient (Wildman–Crippen LogP) is 1.22. The summed E-state index contributed by atoms with van der Waals surface area (Å²) >= 11 is 0. The Balaban J connectivity index is 1.86. The highest BCUT2D eigenvalue weighted by molar-refractivity contribution is 6.06. The Kier molecular flexibility index (Phi) is 5.20. The van der Waals surface area contributed by atoms with E-state index >= 15 is 0 Å². The average Bonchev–Trinajstić information content (AvgIpc) is 2.68. The molecule has 0 spiro atoms. The Labute approximate surface area is 132 Å². The third-order valence-corrected chi connectivity index (χ3v) is 4.56. The van der Waals surface area contributed by atoms with Crippen LogP contribution in [0, 0.1) is 5.92 Å². The second-order valence-corrected chi connectivity index (χ2v) is 6.30. The Morgan fingerprint density at radius 3 is 2.65 bits per heavy atom. The van der Waals surface area contributed by atoms with Crippen molar-refractivity contribution in [3.05, 3.63) is 0 Å². The number of likely N-dealkylation sites (N-methyl/N-ethyl adjacent to an activating group) is 1. The number of nitrogens with one attached hydrogen (secondary N) is 1. The number of imide groups is 1. The first kappa shape index (κ1) is 18.0. The van der Waals surface area contributed by atoms with Gasteiger partial charge in [-0.3, -0.25) is 9.69 Å². The van der Waals surface area contributed by atoms with Gasteiger partial charge in [-0.2, -0.15) is 13.2 Å². The molecule has 132 valence electrons. The summed E-state index contributed by atoms with van der Waals surface area (Å²) in [5, 5.41) is 2.74. The van der Waals surface area contributed by atoms with Crippen molar-refractivity contribution in [3.63, 3.8) is 0 Å². The topological polar surface area (TPSA) is 61.9 Å². The molecule has 0 aromatic carbocycles. The van der Waals surface area contributed by atoms with Crippen LogP contribution in [0.4, 0.5) is 18.0 Å². The van der Waals surface area contributed by atoms with E-state index in [0.717, 1.165) is 24.3 Å². The van der Waals surface area contributed by atoms with Gasteiger partial charge in [0.2, 0.25) is 0 Å². The summed E-state index contributed by atoms with van der Waals surface area (Å²) in [6, 6.07) is -0.414. The number of ether oxygens (including phenoxy) is 1. The molecule has 2 rings (SSSR count). The van der Waals surface area contributed by atoms with Crippen molar-refractivity contribution >= 4 is 11.9 Å². The quantitative estimate of drug-likeness (QED) is 0.605. The normalized spacial score (nSPS) is 30.0. The van der Waals surface area contributed by atoms with E-state index in [-0.39, 0.29) is 18.4 Å². The highest BCUT2D eigenvalue weighted by Gasteiger charge is 2.51. The minimum atomic E-state index is -4.32. The van der Waals surface area contributed by atoms with Gasteiger partial charge in [0, 0.05) is 26.1 Å². The van der Waals surface area contributed by atoms with Crippen LogP contribution in [0.1, 0.15) is 19.8 Å². The lowest BCUT2D eigenvalue weighted by Gasteiger charge is -2.39. The maximum Gasteiger partial charge on any atom is 0.411 e. The molecule has 0 saturated carbocycles. The van der Waals surface area contributed by atoms with Crippen molar-refractivity contribution < 1.29 is 27.5 Å². The number of alkyl halides is 3. The molecule has 2 aliphatic heterocycles. The number of carbonyl (C=O) groups is 2. The number of hydrogen-bond donors (Lipinski definition) is 1. The number of hydrogen-bond acceptors (Lipinski definition) is 4. The molecule has 9 heteroatoms. The van der Waals surface area contributed by atoms with E-state index in [9.17, 15) is 22.8 Å². The third-order valence-electron chi connectivity index (χ3n) is 4.56. The maximum absolute atomic E-state index is 12.3. The van der Waals surface area contributed by atoms with E-state index in [4.69, 9.17) is 0 Å². The predicted molar refractivity (Wildman–Crippen MR) is 75.7 cm³/mol. The summed E-state index contributed by atoms with van der Waals surface area (Å²) in [5.41, 5.74) is -0.947. The van der Waals surface area contributed by atoms with Gasteiger partial charge in [0.15, 0.2) is 0 Å². The Bertz CT molecular complexity index is 472. The standard InChI is InChI=1S/C14H22F3N3O3/c1-13(11(21)19(2)12(22)18-13)10-4-3-5-20(8-10)6-7-23-9-14(15,16)17/h10H,3-9H2,1-2H3,(H,18,22). The lowest BCUT2D eigenvalue weighted by atomic mass is 9.80. The van der Waals surface area contributed by atoms with Gasteiger partial charge in [0.1, 0.15) is 12.1 Å². The Morgan fingerprint density at radius 1 is 1.39 bits per heavy atom. The minimum Gasteiger partial charge on any atom is -0.371 e. The number of rotatable bonds is 5. The van der Waals surface area contributed by atoms with E-state index in [2.05, 4.69) is 10.1 Å². The first-order chi connectivity index (χ1) is 10.6. The van der Waals surface area contributed by atoms with Crippen molar-refractivity contribution in [1.29, 1.82) is 0 Å². The zero-order chi connectivity index (χ0) is 17.3. The van der Waals surface area contributed by atoms with Crippen LogP contribution in [0.2, 0.25) is 0 Å². The number of piperidine rings is 1. The van der Waals surface area contributed by atoms with E-state index in [0.29, 0.717) is 13.1 Å². The van der Waals surface area contributed by atoms with E-state index in [1.807, 2.05) is 4.90 Å². The van der Waals surface area contributed by atoms with Crippen LogP contribution in [-0.4, -0.2) is 73.3 Å². The second-order valence-electron chi connectivity index (χ2n) is 6.30. The maximum atomic E-state index is 12.3. The molecular weight excluding hydrogens is 315 g/mol. The van der Waals surface area contributed by atoms with Gasteiger partial charge in [-0.15, -0.1) is 0 Å². The summed E-state index contributed by atoms with van der Waals surface area (Å²) in [5.74, 6) is -0.331. The first-order valence-electron chi connectivity index (χ1n) is 7.60. The number of carbonyl (C=O) groups excluding carboxylic acids is 2. The summed E-state index contributed by atoms with van der Waals surface area (Å²) in [4.78, 5) is 27.0. The zero-order valence-electron chi connectivity index (χ0n) is 13.3. The molecule has 0 aromatic heterocycles. The van der Waals surface area contributed by atoms with Gasteiger partial charge in [-0.25, -0.2) is 4.79 Å². The molecule has 3 amide bonds. The molecule has 23 heavy (non-hydrogen) atoms. The Morgan fingerprint density at radius 2 is 2.09 bits per heavy atom. The summed E-state index contributed by atoms with van der Waals surface area (Å²) < 4.78 is 40.7. The van der Waals surface area contributed by atoms with Gasteiger partial charge < -0.3 is 15.0 Å². The molecule has 2 unspecified atom stereocenters. The molecule has 0 aliphatic carbocycles. The van der Waals surface area contributed by atoms with Gasteiger partial charge in [-0.05, 0) is 26.3 Å². The molecule has 2 atom stereocenters. The van der Waals surface area contributed by atoms with Crippen LogP contribution in [0.3, 0.4) is 0 Å². The van der Waals surface area contributed by atoms with E-state index < -0.39 is 24.4 Å². The molecule has 6 nitrogen and oxygen atoms in total. The van der Waals surface area contributed by atoms with Gasteiger partial charge >= 0.3 is 12.2 Å². The Hall–Kier alpha value is -1.35. The zero-order valence-corrected chi connectivity index (χ0v) is 13.3. The van der Waals surface area contributed by atoms with E-state index in [1.165, 1.54) is 7.05 Å². The van der Waals surface area contributed by atoms with Crippen molar-refractivity contribution in [1.82, 2.24) is 15.1 Å². The molecule has 0 aromatic rings. The monoisotopic (exact) mass is 337 g/mol.